The first-order chi connectivity index (χ1) is 11.2. The summed E-state index contributed by atoms with van der Waals surface area (Å²) in [6, 6.07) is 10.8. The molecule has 0 aliphatic heterocycles. The van der Waals surface area contributed by atoms with Gasteiger partial charge in [0.15, 0.2) is 0 Å². The number of aryl methyl sites for hydroxylation is 1. The van der Waals surface area contributed by atoms with Gasteiger partial charge in [0.2, 0.25) is 0 Å². The number of carbonyl (C=O) groups is 1. The van der Waals surface area contributed by atoms with Crippen LogP contribution in [-0.4, -0.2) is 29.7 Å². The molecule has 0 bridgehead atoms. The van der Waals surface area contributed by atoms with Gasteiger partial charge >= 0.3 is 0 Å². The first-order valence-corrected chi connectivity index (χ1v) is 7.08. The number of aromatic nitrogens is 2. The third-order valence-electron chi connectivity index (χ3n) is 3.70. The van der Waals surface area contributed by atoms with E-state index >= 15 is 0 Å². The van der Waals surface area contributed by atoms with Crippen molar-refractivity contribution >= 4 is 22.6 Å². The normalized spacial score (nSPS) is 10.6. The second-order valence-electron chi connectivity index (χ2n) is 4.99. The summed E-state index contributed by atoms with van der Waals surface area (Å²) in [6.07, 6.45) is 1.63. The predicted octanol–water partition coefficient (Wildman–Crippen LogP) is 2.84. The number of rotatable bonds is 4. The number of nitrogens with zero attached hydrogens (tertiary/aromatic N) is 2. The predicted molar refractivity (Wildman–Crippen MR) is 88.2 cm³/mol. The van der Waals surface area contributed by atoms with Gasteiger partial charge in [-0.3, -0.25) is 4.79 Å². The zero-order chi connectivity index (χ0) is 16.4. The van der Waals surface area contributed by atoms with Crippen molar-refractivity contribution in [2.45, 2.75) is 0 Å². The molecule has 0 radical (unpaired) electrons. The molecule has 0 fully saturated rings. The fourth-order valence-corrected chi connectivity index (χ4v) is 2.59. The molecule has 3 rings (SSSR count). The fourth-order valence-electron chi connectivity index (χ4n) is 2.59. The molecule has 1 N–H and O–H groups in total. The molecule has 0 unspecified atom stereocenters. The van der Waals surface area contributed by atoms with Crippen molar-refractivity contribution in [3.05, 3.63) is 48.3 Å². The molecule has 0 saturated carbocycles. The summed E-state index contributed by atoms with van der Waals surface area (Å²) in [5, 5.41) is 3.60. The van der Waals surface area contributed by atoms with E-state index in [2.05, 4.69) is 10.3 Å². The van der Waals surface area contributed by atoms with E-state index in [4.69, 9.17) is 9.47 Å². The van der Waals surface area contributed by atoms with Crippen LogP contribution in [-0.2, 0) is 7.05 Å². The Morgan fingerprint density at radius 2 is 1.87 bits per heavy atom. The Balaban J connectivity index is 2.08. The number of anilines is 1. The van der Waals surface area contributed by atoms with Crippen molar-refractivity contribution in [2.75, 3.05) is 19.5 Å². The van der Waals surface area contributed by atoms with Gasteiger partial charge in [-0.25, -0.2) is 4.98 Å². The highest BCUT2D eigenvalue weighted by molar-refractivity contribution is 6.07. The topological polar surface area (TPSA) is 65.4 Å². The molecule has 0 aliphatic carbocycles. The van der Waals surface area contributed by atoms with Crippen molar-refractivity contribution in [1.29, 1.82) is 0 Å². The number of methoxy groups -OCH3 is 2. The van der Waals surface area contributed by atoms with Crippen molar-refractivity contribution in [3.8, 4) is 11.5 Å². The summed E-state index contributed by atoms with van der Waals surface area (Å²) < 4.78 is 12.6. The average Bonchev–Trinajstić information content (AvgIpc) is 2.93. The fraction of sp³-hybridized carbons (Fsp3) is 0.176. The molecule has 6 heteroatoms. The van der Waals surface area contributed by atoms with Gasteiger partial charge in [0.05, 0.1) is 19.7 Å². The summed E-state index contributed by atoms with van der Waals surface area (Å²) in [5.41, 5.74) is 1.30. The molecule has 2 aromatic heterocycles. The van der Waals surface area contributed by atoms with Crippen LogP contribution in [0.25, 0.3) is 10.9 Å². The first kappa shape index (κ1) is 14.9. The summed E-state index contributed by atoms with van der Waals surface area (Å²) >= 11 is 0. The molecular weight excluding hydrogens is 294 g/mol. The van der Waals surface area contributed by atoms with Crippen LogP contribution in [0, 0.1) is 0 Å². The summed E-state index contributed by atoms with van der Waals surface area (Å²) in [7, 11) is 5.02. The minimum Gasteiger partial charge on any atom is -0.496 e. The van der Waals surface area contributed by atoms with Gasteiger partial charge < -0.3 is 19.4 Å². The smallest absolute Gasteiger partial charge is 0.273 e. The SMILES string of the molecule is COc1ccc(OC)c2c1cc(C(=O)Nc1ccccn1)n2C. The van der Waals surface area contributed by atoms with Gasteiger partial charge in [-0.1, -0.05) is 6.07 Å². The lowest BCUT2D eigenvalue weighted by Gasteiger charge is -2.09. The van der Waals surface area contributed by atoms with Crippen LogP contribution in [0.1, 0.15) is 10.5 Å². The highest BCUT2D eigenvalue weighted by Crippen LogP contribution is 2.35. The van der Waals surface area contributed by atoms with Crippen molar-refractivity contribution in [1.82, 2.24) is 9.55 Å². The third-order valence-corrected chi connectivity index (χ3v) is 3.70. The molecule has 118 valence electrons. The number of nitrogens with one attached hydrogen (secondary N) is 1. The minimum absolute atomic E-state index is 0.244. The standard InChI is InChI=1S/C17H17N3O3/c1-20-12(17(21)19-15-6-4-5-9-18-15)10-11-13(22-2)7-8-14(23-3)16(11)20/h4-10H,1-3H3,(H,18,19,21). The van der Waals surface area contributed by atoms with Crippen LogP contribution < -0.4 is 14.8 Å². The molecule has 3 aromatic rings. The lowest BCUT2D eigenvalue weighted by Crippen LogP contribution is -2.16. The van der Waals surface area contributed by atoms with Crippen LogP contribution in [0.15, 0.2) is 42.6 Å². The molecule has 0 aliphatic rings. The Labute approximate surface area is 133 Å². The second-order valence-corrected chi connectivity index (χ2v) is 4.99. The highest BCUT2D eigenvalue weighted by atomic mass is 16.5. The minimum atomic E-state index is -0.244. The van der Waals surface area contributed by atoms with Crippen molar-refractivity contribution < 1.29 is 14.3 Å². The van der Waals surface area contributed by atoms with E-state index in [-0.39, 0.29) is 5.91 Å². The molecule has 1 amide bonds. The van der Waals surface area contributed by atoms with E-state index in [1.807, 2.05) is 25.2 Å². The first-order valence-electron chi connectivity index (χ1n) is 7.08. The Bertz CT molecular complexity index is 856. The maximum Gasteiger partial charge on any atom is 0.273 e. The second kappa shape index (κ2) is 6.00. The average molecular weight is 311 g/mol. The van der Waals surface area contributed by atoms with Crippen LogP contribution >= 0.6 is 0 Å². The summed E-state index contributed by atoms with van der Waals surface area (Å²) in [6.45, 7) is 0. The van der Waals surface area contributed by atoms with Crippen LogP contribution in [0.2, 0.25) is 0 Å². The molecular formula is C17H17N3O3. The Kier molecular flexibility index (Phi) is 3.89. The Morgan fingerprint density at radius 3 is 2.52 bits per heavy atom. The molecule has 23 heavy (non-hydrogen) atoms. The number of ether oxygens (including phenoxy) is 2. The zero-order valence-corrected chi connectivity index (χ0v) is 13.2. The number of benzene rings is 1. The Hall–Kier alpha value is -3.02. The van der Waals surface area contributed by atoms with E-state index < -0.39 is 0 Å². The van der Waals surface area contributed by atoms with Gasteiger partial charge in [-0.15, -0.1) is 0 Å². The van der Waals surface area contributed by atoms with Gasteiger partial charge in [-0.2, -0.15) is 0 Å². The van der Waals surface area contributed by atoms with Crippen LogP contribution in [0.5, 0.6) is 11.5 Å². The van der Waals surface area contributed by atoms with Crippen LogP contribution in [0.4, 0.5) is 5.82 Å². The quantitative estimate of drug-likeness (QED) is 0.804. The van der Waals surface area contributed by atoms with E-state index in [1.54, 1.807) is 43.2 Å². The van der Waals surface area contributed by atoms with Crippen molar-refractivity contribution in [3.63, 3.8) is 0 Å². The van der Waals surface area contributed by atoms with E-state index in [0.717, 1.165) is 10.9 Å². The zero-order valence-electron chi connectivity index (χ0n) is 13.2. The number of hydrogen-bond acceptors (Lipinski definition) is 4. The number of fused-ring (bicyclic) bond motifs is 1. The van der Waals surface area contributed by atoms with Crippen LogP contribution in [0.3, 0.4) is 0 Å². The highest BCUT2D eigenvalue weighted by Gasteiger charge is 2.19. The molecule has 6 nitrogen and oxygen atoms in total. The lowest BCUT2D eigenvalue weighted by atomic mass is 10.2. The third kappa shape index (κ3) is 2.59. The monoisotopic (exact) mass is 311 g/mol. The summed E-state index contributed by atoms with van der Waals surface area (Å²) in [5.74, 6) is 1.63. The van der Waals surface area contributed by atoms with E-state index in [0.29, 0.717) is 23.0 Å². The molecule has 2 heterocycles. The largest absolute Gasteiger partial charge is 0.496 e. The molecule has 0 saturated heterocycles. The number of amides is 1. The van der Waals surface area contributed by atoms with Gasteiger partial charge in [-0.05, 0) is 30.3 Å². The maximum atomic E-state index is 12.6. The number of pyridine rings is 1. The summed E-state index contributed by atoms with van der Waals surface area (Å²) in [4.78, 5) is 16.7. The van der Waals surface area contributed by atoms with Gasteiger partial charge in [0.1, 0.15) is 23.0 Å². The number of carbonyl (C=O) groups excluding carboxylic acids is 1. The van der Waals surface area contributed by atoms with Gasteiger partial charge in [0, 0.05) is 18.6 Å². The van der Waals surface area contributed by atoms with E-state index in [1.165, 1.54) is 0 Å². The Morgan fingerprint density at radius 1 is 1.13 bits per heavy atom. The number of hydrogen-bond donors (Lipinski definition) is 1. The van der Waals surface area contributed by atoms with Gasteiger partial charge in [0.25, 0.3) is 5.91 Å². The molecule has 0 atom stereocenters. The maximum absolute atomic E-state index is 12.6. The lowest BCUT2D eigenvalue weighted by molar-refractivity contribution is 0.101. The molecule has 0 spiro atoms. The van der Waals surface area contributed by atoms with E-state index in [9.17, 15) is 4.79 Å². The molecule has 1 aromatic carbocycles. The van der Waals surface area contributed by atoms with Crippen molar-refractivity contribution in [2.24, 2.45) is 7.05 Å².